The molecule has 0 aliphatic rings. The van der Waals surface area contributed by atoms with Gasteiger partial charge in [-0.25, -0.2) is 4.79 Å². The third-order valence-corrected chi connectivity index (χ3v) is 2.80. The first-order valence-corrected chi connectivity index (χ1v) is 6.25. The Labute approximate surface area is 117 Å². The summed E-state index contributed by atoms with van der Waals surface area (Å²) in [5, 5.41) is 0. The van der Waals surface area contributed by atoms with Crippen molar-refractivity contribution in [3.8, 4) is 0 Å². The summed E-state index contributed by atoms with van der Waals surface area (Å²) in [5.74, 6) is -1.50. The van der Waals surface area contributed by atoms with Gasteiger partial charge in [-0.05, 0) is 11.1 Å². The number of nitrogens with one attached hydrogen (secondary N) is 1. The minimum Gasteiger partial charge on any atom is -0.340 e. The molecule has 0 saturated carbocycles. The maximum atomic E-state index is 12.2. The average Bonchev–Trinajstić information content (AvgIpc) is 2.48. The number of rotatable bonds is 3. The molecule has 2 aromatic rings. The van der Waals surface area contributed by atoms with E-state index < -0.39 is 17.8 Å². The van der Waals surface area contributed by atoms with E-state index in [9.17, 15) is 9.59 Å². The summed E-state index contributed by atoms with van der Waals surface area (Å²) < 4.78 is 0. The van der Waals surface area contributed by atoms with Gasteiger partial charge in [-0.1, -0.05) is 60.7 Å². The molecule has 0 fully saturated rings. The Morgan fingerprint density at radius 3 is 1.75 bits per heavy atom. The van der Waals surface area contributed by atoms with Gasteiger partial charge in [0, 0.05) is 6.92 Å². The fourth-order valence-electron chi connectivity index (χ4n) is 1.94. The molecule has 4 nitrogen and oxygen atoms in total. The molecule has 0 unspecified atom stereocenters. The highest BCUT2D eigenvalue weighted by atomic mass is 16.7. The smallest absolute Gasteiger partial charge is 0.340 e. The minimum atomic E-state index is -0.566. The van der Waals surface area contributed by atoms with E-state index in [0.717, 1.165) is 11.1 Å². The second-order valence-electron chi connectivity index (χ2n) is 4.33. The summed E-state index contributed by atoms with van der Waals surface area (Å²) >= 11 is 0. The van der Waals surface area contributed by atoms with Crippen LogP contribution in [0.3, 0.4) is 0 Å². The van der Waals surface area contributed by atoms with Crippen LogP contribution in [0.4, 0.5) is 0 Å². The molecule has 0 radical (unpaired) electrons. The van der Waals surface area contributed by atoms with Crippen molar-refractivity contribution in [2.75, 3.05) is 0 Å². The van der Waals surface area contributed by atoms with Gasteiger partial charge in [-0.2, -0.15) is 5.48 Å². The van der Waals surface area contributed by atoms with Crippen LogP contribution < -0.4 is 5.48 Å². The molecule has 0 atom stereocenters. The summed E-state index contributed by atoms with van der Waals surface area (Å²) in [6.07, 6.45) is 0. The molecule has 0 bridgehead atoms. The monoisotopic (exact) mass is 269 g/mol. The van der Waals surface area contributed by atoms with E-state index in [-0.39, 0.29) is 0 Å². The van der Waals surface area contributed by atoms with Crippen molar-refractivity contribution in [1.29, 1.82) is 0 Å². The Kier molecular flexibility index (Phi) is 4.50. The zero-order valence-corrected chi connectivity index (χ0v) is 11.1. The van der Waals surface area contributed by atoms with Crippen molar-refractivity contribution >= 4 is 11.9 Å². The van der Waals surface area contributed by atoms with Crippen LogP contribution in [0.5, 0.6) is 0 Å². The Hall–Kier alpha value is -2.62. The summed E-state index contributed by atoms with van der Waals surface area (Å²) in [6.45, 7) is 1.29. The highest BCUT2D eigenvalue weighted by Crippen LogP contribution is 2.25. The third kappa shape index (κ3) is 3.45. The van der Waals surface area contributed by atoms with Gasteiger partial charge in [0.2, 0.25) is 5.91 Å². The van der Waals surface area contributed by atoms with E-state index in [4.69, 9.17) is 4.84 Å². The quantitative estimate of drug-likeness (QED) is 0.871. The Morgan fingerprint density at radius 1 is 0.900 bits per heavy atom. The lowest BCUT2D eigenvalue weighted by Crippen LogP contribution is -2.28. The Balaban J connectivity index is 2.30. The second kappa shape index (κ2) is 6.52. The third-order valence-electron chi connectivity index (χ3n) is 2.80. The van der Waals surface area contributed by atoms with Crippen LogP contribution in [-0.2, 0) is 14.4 Å². The SMILES string of the molecule is CC(=O)NOC(=O)C(c1ccccc1)c1ccccc1. The zero-order chi connectivity index (χ0) is 14.4. The van der Waals surface area contributed by atoms with E-state index in [2.05, 4.69) is 5.48 Å². The molecule has 0 aliphatic carbocycles. The van der Waals surface area contributed by atoms with E-state index in [1.165, 1.54) is 6.92 Å². The number of carbonyl (C=O) groups is 2. The van der Waals surface area contributed by atoms with Crippen molar-refractivity contribution in [1.82, 2.24) is 5.48 Å². The van der Waals surface area contributed by atoms with Crippen LogP contribution in [0.25, 0.3) is 0 Å². The molecule has 102 valence electrons. The van der Waals surface area contributed by atoms with Gasteiger partial charge < -0.3 is 4.84 Å². The van der Waals surface area contributed by atoms with Gasteiger partial charge >= 0.3 is 5.97 Å². The first-order valence-electron chi connectivity index (χ1n) is 6.25. The van der Waals surface area contributed by atoms with Gasteiger partial charge in [0.15, 0.2) is 0 Å². The molecule has 0 aliphatic heterocycles. The van der Waals surface area contributed by atoms with Crippen LogP contribution in [0.15, 0.2) is 60.7 Å². The number of hydrogen-bond acceptors (Lipinski definition) is 3. The summed E-state index contributed by atoms with van der Waals surface area (Å²) in [5.41, 5.74) is 3.70. The lowest BCUT2D eigenvalue weighted by atomic mass is 9.91. The van der Waals surface area contributed by atoms with Crippen LogP contribution in [0.2, 0.25) is 0 Å². The minimum absolute atomic E-state index is 0.418. The van der Waals surface area contributed by atoms with Gasteiger partial charge in [0.1, 0.15) is 5.92 Å². The van der Waals surface area contributed by atoms with Crippen LogP contribution in [-0.4, -0.2) is 11.9 Å². The largest absolute Gasteiger partial charge is 0.344 e. The van der Waals surface area contributed by atoms with Crippen molar-refractivity contribution in [3.05, 3.63) is 71.8 Å². The normalized spacial score (nSPS) is 10.1. The molecule has 1 amide bonds. The molecule has 0 aromatic heterocycles. The van der Waals surface area contributed by atoms with Crippen LogP contribution in [0, 0.1) is 0 Å². The molecule has 20 heavy (non-hydrogen) atoms. The van der Waals surface area contributed by atoms with E-state index in [1.807, 2.05) is 60.7 Å². The number of hydrogen-bond donors (Lipinski definition) is 1. The molecule has 2 aromatic carbocycles. The predicted octanol–water partition coefficient (Wildman–Crippen LogP) is 2.41. The fraction of sp³-hybridized carbons (Fsp3) is 0.125. The molecular weight excluding hydrogens is 254 g/mol. The second-order valence-corrected chi connectivity index (χ2v) is 4.33. The molecule has 1 N–H and O–H groups in total. The first-order chi connectivity index (χ1) is 9.68. The Morgan fingerprint density at radius 2 is 1.35 bits per heavy atom. The highest BCUT2D eigenvalue weighted by molar-refractivity contribution is 5.83. The molecular formula is C16H15NO3. The maximum absolute atomic E-state index is 12.2. The van der Waals surface area contributed by atoms with E-state index >= 15 is 0 Å². The van der Waals surface area contributed by atoms with Crippen molar-refractivity contribution in [3.63, 3.8) is 0 Å². The van der Waals surface area contributed by atoms with E-state index in [1.54, 1.807) is 0 Å². The number of hydroxylamine groups is 1. The lowest BCUT2D eigenvalue weighted by Gasteiger charge is -2.16. The van der Waals surface area contributed by atoms with Crippen molar-refractivity contribution in [2.45, 2.75) is 12.8 Å². The number of benzene rings is 2. The standard InChI is InChI=1S/C16H15NO3/c1-12(18)17-20-16(19)15(13-8-4-2-5-9-13)14-10-6-3-7-11-14/h2-11,15H,1H3,(H,17,18). The highest BCUT2D eigenvalue weighted by Gasteiger charge is 2.24. The van der Waals surface area contributed by atoms with Gasteiger partial charge in [-0.3, -0.25) is 4.79 Å². The summed E-state index contributed by atoms with van der Waals surface area (Å²) in [4.78, 5) is 27.9. The Bertz CT molecular complexity index is 542. The van der Waals surface area contributed by atoms with Gasteiger partial charge in [0.25, 0.3) is 0 Å². The van der Waals surface area contributed by atoms with E-state index in [0.29, 0.717) is 0 Å². The molecule has 0 heterocycles. The van der Waals surface area contributed by atoms with Crippen molar-refractivity contribution in [2.24, 2.45) is 0 Å². The van der Waals surface area contributed by atoms with Crippen LogP contribution >= 0.6 is 0 Å². The molecule has 0 saturated heterocycles. The molecule has 4 heteroatoms. The lowest BCUT2D eigenvalue weighted by molar-refractivity contribution is -0.158. The maximum Gasteiger partial charge on any atom is 0.344 e. The average molecular weight is 269 g/mol. The van der Waals surface area contributed by atoms with Crippen molar-refractivity contribution < 1.29 is 14.4 Å². The topological polar surface area (TPSA) is 55.4 Å². The predicted molar refractivity (Wildman–Crippen MR) is 74.6 cm³/mol. The van der Waals surface area contributed by atoms with Gasteiger partial charge in [0.05, 0.1) is 0 Å². The van der Waals surface area contributed by atoms with Gasteiger partial charge in [-0.15, -0.1) is 0 Å². The first kappa shape index (κ1) is 13.8. The summed E-state index contributed by atoms with van der Waals surface area (Å²) in [7, 11) is 0. The molecule has 0 spiro atoms. The summed E-state index contributed by atoms with van der Waals surface area (Å²) in [6, 6.07) is 18.6. The fourth-order valence-corrected chi connectivity index (χ4v) is 1.94. The number of amides is 1. The van der Waals surface area contributed by atoms with Crippen LogP contribution in [0.1, 0.15) is 24.0 Å². The zero-order valence-electron chi connectivity index (χ0n) is 11.1. The molecule has 2 rings (SSSR count). The number of carbonyl (C=O) groups excluding carboxylic acids is 2.